The number of hydrogen-bond acceptors (Lipinski definition) is 6. The molecule has 19 heavy (non-hydrogen) atoms. The summed E-state index contributed by atoms with van der Waals surface area (Å²) in [5.74, 6) is 0.643. The Labute approximate surface area is 112 Å². The average Bonchev–Trinajstić information content (AvgIpc) is 2.39. The van der Waals surface area contributed by atoms with Gasteiger partial charge in [0.15, 0.2) is 12.5 Å². The number of carbonyl (C=O) groups is 1. The quantitative estimate of drug-likeness (QED) is 0.836. The molecule has 2 aliphatic rings. The third kappa shape index (κ3) is 3.64. The smallest absolute Gasteiger partial charge is 0.224 e. The Morgan fingerprint density at radius 3 is 3.11 bits per heavy atom. The Bertz CT molecular complexity index is 465. The van der Waals surface area contributed by atoms with Gasteiger partial charge in [-0.3, -0.25) is 9.80 Å². The van der Waals surface area contributed by atoms with Gasteiger partial charge in [-0.25, -0.2) is 0 Å². The van der Waals surface area contributed by atoms with Crippen LogP contribution in [0.1, 0.15) is 26.7 Å². The summed E-state index contributed by atoms with van der Waals surface area (Å²) < 4.78 is 0. The molecule has 0 saturated heterocycles. The van der Waals surface area contributed by atoms with Crippen LogP contribution < -0.4 is 5.32 Å². The minimum absolute atomic E-state index is 0.0262. The van der Waals surface area contributed by atoms with Crippen molar-refractivity contribution in [3.63, 3.8) is 0 Å². The molecule has 0 bridgehead atoms. The lowest BCUT2D eigenvalue weighted by molar-refractivity contribution is -0.120. The van der Waals surface area contributed by atoms with Gasteiger partial charge in [-0.1, -0.05) is 13.0 Å². The van der Waals surface area contributed by atoms with Crippen LogP contribution >= 0.6 is 0 Å². The molecule has 2 rings (SSSR count). The van der Waals surface area contributed by atoms with Crippen LogP contribution in [0.4, 0.5) is 0 Å². The van der Waals surface area contributed by atoms with Crippen LogP contribution in [-0.4, -0.2) is 35.1 Å². The van der Waals surface area contributed by atoms with Gasteiger partial charge in [-0.2, -0.15) is 10.2 Å². The first-order valence-electron chi connectivity index (χ1n) is 6.34. The van der Waals surface area contributed by atoms with Gasteiger partial charge >= 0.3 is 0 Å². The number of hydrazine groups is 1. The number of nitrogens with zero attached hydrogens (tertiary/aromatic N) is 5. The maximum Gasteiger partial charge on any atom is 0.224 e. The molecule has 0 aromatic carbocycles. The summed E-state index contributed by atoms with van der Waals surface area (Å²) in [5.41, 5.74) is 0.764. The van der Waals surface area contributed by atoms with Crippen molar-refractivity contribution in [3.05, 3.63) is 24.0 Å². The highest BCUT2D eigenvalue weighted by molar-refractivity contribution is 5.79. The summed E-state index contributed by atoms with van der Waals surface area (Å²) in [6.07, 6.45) is 7.08. The lowest BCUT2D eigenvalue weighted by atomic mass is 10.3. The summed E-state index contributed by atoms with van der Waals surface area (Å²) in [6.45, 7) is 4.85. The van der Waals surface area contributed by atoms with Crippen LogP contribution in [0.2, 0.25) is 0 Å². The number of amides is 1. The van der Waals surface area contributed by atoms with Crippen LogP contribution in [-0.2, 0) is 4.79 Å². The van der Waals surface area contributed by atoms with Crippen LogP contribution in [0.5, 0.6) is 0 Å². The SMILES string of the molecule is CCCC(=O)NC1=CN(N2CN=NC(C)=N2)CC=C1. The second kappa shape index (κ2) is 6.12. The van der Waals surface area contributed by atoms with Gasteiger partial charge in [0.05, 0.1) is 12.2 Å². The highest BCUT2D eigenvalue weighted by atomic mass is 16.1. The van der Waals surface area contributed by atoms with Crippen molar-refractivity contribution in [1.82, 2.24) is 15.4 Å². The summed E-state index contributed by atoms with van der Waals surface area (Å²) in [5, 5.41) is 18.6. The monoisotopic (exact) mass is 262 g/mol. The van der Waals surface area contributed by atoms with E-state index in [4.69, 9.17) is 0 Å². The van der Waals surface area contributed by atoms with Crippen molar-refractivity contribution in [2.75, 3.05) is 13.2 Å². The molecule has 2 aliphatic heterocycles. The molecule has 0 atom stereocenters. The van der Waals surface area contributed by atoms with Gasteiger partial charge in [0, 0.05) is 12.6 Å². The van der Waals surface area contributed by atoms with Crippen LogP contribution in [0, 0.1) is 0 Å². The molecular weight excluding hydrogens is 244 g/mol. The minimum Gasteiger partial charge on any atom is -0.325 e. The Morgan fingerprint density at radius 1 is 1.53 bits per heavy atom. The Morgan fingerprint density at radius 2 is 2.37 bits per heavy atom. The van der Waals surface area contributed by atoms with Gasteiger partial charge in [-0.05, 0) is 19.4 Å². The van der Waals surface area contributed by atoms with E-state index in [9.17, 15) is 4.79 Å². The van der Waals surface area contributed by atoms with Crippen LogP contribution in [0.3, 0.4) is 0 Å². The van der Waals surface area contributed by atoms with Crippen molar-refractivity contribution in [3.8, 4) is 0 Å². The standard InChI is InChI=1S/C12H18N6O/c1-3-5-12(19)14-11-6-4-7-17(8-11)18-9-13-15-10(2)16-18/h4,6,8H,3,5,7,9H2,1-2H3,(H,14,19). The Kier molecular flexibility index (Phi) is 4.27. The predicted octanol–water partition coefficient (Wildman–Crippen LogP) is 1.59. The molecule has 0 radical (unpaired) electrons. The molecule has 0 spiro atoms. The van der Waals surface area contributed by atoms with Gasteiger partial charge in [0.2, 0.25) is 5.91 Å². The number of azo groups is 1. The molecule has 1 amide bonds. The summed E-state index contributed by atoms with van der Waals surface area (Å²) in [6, 6.07) is 0. The van der Waals surface area contributed by atoms with E-state index in [1.807, 2.05) is 30.3 Å². The molecule has 102 valence electrons. The van der Waals surface area contributed by atoms with Crippen molar-refractivity contribution in [2.45, 2.75) is 26.7 Å². The molecule has 2 heterocycles. The molecule has 0 aromatic rings. The predicted molar refractivity (Wildman–Crippen MR) is 71.7 cm³/mol. The van der Waals surface area contributed by atoms with Crippen molar-refractivity contribution < 1.29 is 4.79 Å². The second-order valence-corrected chi connectivity index (χ2v) is 4.31. The van der Waals surface area contributed by atoms with Gasteiger partial charge in [-0.15, -0.1) is 10.2 Å². The van der Waals surface area contributed by atoms with Gasteiger partial charge in [0.25, 0.3) is 0 Å². The number of nitrogens with one attached hydrogen (secondary N) is 1. The first-order valence-corrected chi connectivity index (χ1v) is 6.34. The number of allylic oxidation sites excluding steroid dienone is 1. The normalized spacial score (nSPS) is 18.2. The maximum absolute atomic E-state index is 11.6. The highest BCUT2D eigenvalue weighted by Crippen LogP contribution is 2.12. The van der Waals surface area contributed by atoms with Crippen molar-refractivity contribution >= 4 is 11.7 Å². The zero-order valence-corrected chi connectivity index (χ0v) is 11.2. The van der Waals surface area contributed by atoms with E-state index in [1.54, 1.807) is 12.0 Å². The zero-order chi connectivity index (χ0) is 13.7. The first kappa shape index (κ1) is 13.3. The average molecular weight is 262 g/mol. The Hall–Kier alpha value is -2.18. The van der Waals surface area contributed by atoms with E-state index in [0.717, 1.165) is 12.1 Å². The molecule has 0 saturated carbocycles. The van der Waals surface area contributed by atoms with E-state index in [2.05, 4.69) is 20.6 Å². The van der Waals surface area contributed by atoms with E-state index >= 15 is 0 Å². The van der Waals surface area contributed by atoms with Crippen LogP contribution in [0.15, 0.2) is 39.4 Å². The largest absolute Gasteiger partial charge is 0.325 e. The molecular formula is C12H18N6O. The van der Waals surface area contributed by atoms with E-state index in [1.165, 1.54) is 0 Å². The first-order chi connectivity index (χ1) is 9.19. The third-order valence-electron chi connectivity index (χ3n) is 2.60. The molecule has 0 aromatic heterocycles. The number of hydrazone groups is 1. The number of carbonyl (C=O) groups excluding carboxylic acids is 1. The molecule has 7 heteroatoms. The summed E-state index contributed by atoms with van der Waals surface area (Å²) >= 11 is 0. The second-order valence-electron chi connectivity index (χ2n) is 4.31. The van der Waals surface area contributed by atoms with E-state index < -0.39 is 0 Å². The van der Waals surface area contributed by atoms with Crippen molar-refractivity contribution in [1.29, 1.82) is 0 Å². The molecule has 0 fully saturated rings. The fourth-order valence-corrected chi connectivity index (χ4v) is 1.78. The van der Waals surface area contributed by atoms with Crippen LogP contribution in [0.25, 0.3) is 0 Å². The number of amidine groups is 1. The van der Waals surface area contributed by atoms with Gasteiger partial charge < -0.3 is 5.32 Å². The van der Waals surface area contributed by atoms with E-state index in [0.29, 0.717) is 25.5 Å². The number of rotatable bonds is 4. The minimum atomic E-state index is 0.0262. The maximum atomic E-state index is 11.6. The van der Waals surface area contributed by atoms with E-state index in [-0.39, 0.29) is 5.91 Å². The van der Waals surface area contributed by atoms with Gasteiger partial charge in [0.1, 0.15) is 0 Å². The molecule has 0 aliphatic carbocycles. The molecule has 0 unspecified atom stereocenters. The lowest BCUT2D eigenvalue weighted by Crippen LogP contribution is -2.39. The van der Waals surface area contributed by atoms with Crippen molar-refractivity contribution in [2.24, 2.45) is 15.3 Å². The summed E-state index contributed by atoms with van der Waals surface area (Å²) in [4.78, 5) is 11.6. The molecule has 1 N–H and O–H groups in total. The lowest BCUT2D eigenvalue weighted by Gasteiger charge is -2.32. The number of hydrogen-bond donors (Lipinski definition) is 1. The summed E-state index contributed by atoms with van der Waals surface area (Å²) in [7, 11) is 0. The fraction of sp³-hybridized carbons (Fsp3) is 0.500. The Balaban J connectivity index is 2.00. The fourth-order valence-electron chi connectivity index (χ4n) is 1.78. The third-order valence-corrected chi connectivity index (χ3v) is 2.60. The topological polar surface area (TPSA) is 72.7 Å². The zero-order valence-electron chi connectivity index (χ0n) is 11.2. The molecule has 7 nitrogen and oxygen atoms in total. The highest BCUT2D eigenvalue weighted by Gasteiger charge is 2.15.